The number of nitrogens with zero attached hydrogens (tertiary/aromatic N) is 8. The van der Waals surface area contributed by atoms with Crippen LogP contribution < -0.4 is 25.6 Å². The monoisotopic (exact) mass is 1330 g/mol. The van der Waals surface area contributed by atoms with Crippen molar-refractivity contribution in [3.63, 3.8) is 0 Å². The largest absolute Gasteiger partial charge is 0.382 e. The number of piperidine rings is 1. The number of carbonyl (C=O) groups is 6. The predicted octanol–water partition coefficient (Wildman–Crippen LogP) is 8.16. The highest BCUT2D eigenvalue weighted by Crippen LogP contribution is 2.77. The Morgan fingerprint density at radius 1 is 0.800 bits per heavy atom. The maximum absolute atomic E-state index is 13.8. The van der Waals surface area contributed by atoms with Gasteiger partial charge in [0, 0.05) is 131 Å². The van der Waals surface area contributed by atoms with Crippen LogP contribution in [0.15, 0.2) is 118 Å². The number of aromatic nitrogens is 3. The molecule has 4 aliphatic heterocycles. The molecular weight excluding hydrogens is 1240 g/mol. The molecule has 5 aromatic rings. The molecule has 3 saturated heterocycles. The highest BCUT2D eigenvalue weighted by atomic mass is 32.2. The fraction of sp³-hybridized carbons (Fsp3) is 0.521. The molecule has 4 N–H and O–H groups in total. The van der Waals surface area contributed by atoms with Crippen LogP contribution in [0.25, 0.3) is 0 Å². The van der Waals surface area contributed by atoms with Gasteiger partial charge in [0.1, 0.15) is 11.7 Å². The number of allylic oxidation sites excluding steroid dienone is 1. The van der Waals surface area contributed by atoms with E-state index in [0.29, 0.717) is 86.5 Å². The average Bonchev–Trinajstić information content (AvgIpc) is 1.23. The number of nitrogens with one attached hydrogen (secondary N) is 4. The molecule has 6 fully saturated rings. The van der Waals surface area contributed by atoms with E-state index in [1.165, 1.54) is 38.5 Å². The summed E-state index contributed by atoms with van der Waals surface area (Å²) in [6.07, 6.45) is 11.6. The number of imide groups is 2. The molecule has 5 heterocycles. The van der Waals surface area contributed by atoms with Crippen LogP contribution in [0.1, 0.15) is 134 Å². The molecule has 3 saturated carbocycles. The summed E-state index contributed by atoms with van der Waals surface area (Å²) >= 11 is 1.76. The second kappa shape index (κ2) is 29.1. The molecule has 0 spiro atoms. The van der Waals surface area contributed by atoms with E-state index in [4.69, 9.17) is 9.47 Å². The van der Waals surface area contributed by atoms with Gasteiger partial charge in [0.25, 0.3) is 27.7 Å². The van der Waals surface area contributed by atoms with Gasteiger partial charge in [-0.1, -0.05) is 61.4 Å². The number of sulfonamides is 1. The first-order valence-corrected chi connectivity index (χ1v) is 36.2. The molecule has 4 aliphatic carbocycles. The predicted molar refractivity (Wildman–Crippen MR) is 364 cm³/mol. The minimum Gasteiger partial charge on any atom is -0.382 e. The van der Waals surface area contributed by atoms with E-state index in [1.807, 2.05) is 48.4 Å². The molecule has 0 radical (unpaired) electrons. The van der Waals surface area contributed by atoms with Gasteiger partial charge in [0.15, 0.2) is 0 Å². The van der Waals surface area contributed by atoms with Crippen molar-refractivity contribution in [1.82, 2.24) is 44.6 Å². The van der Waals surface area contributed by atoms with Crippen molar-refractivity contribution in [2.75, 3.05) is 113 Å². The van der Waals surface area contributed by atoms with Crippen LogP contribution in [0, 0.1) is 23.2 Å². The molecule has 2 atom stereocenters. The van der Waals surface area contributed by atoms with Crippen molar-refractivity contribution in [3.05, 3.63) is 136 Å². The van der Waals surface area contributed by atoms with Crippen LogP contribution in [0.5, 0.6) is 0 Å². The van der Waals surface area contributed by atoms with Crippen molar-refractivity contribution in [1.29, 1.82) is 0 Å². The third-order valence-corrected chi connectivity index (χ3v) is 22.7. The Morgan fingerprint density at radius 3 is 2.28 bits per heavy atom. The van der Waals surface area contributed by atoms with Crippen LogP contribution in [0.4, 0.5) is 17.1 Å². The summed E-state index contributed by atoms with van der Waals surface area (Å²) in [6, 6.07) is 26.4. The lowest BCUT2D eigenvalue weighted by Gasteiger charge is -2.72. The maximum atomic E-state index is 13.8. The Morgan fingerprint density at radius 2 is 1.55 bits per heavy atom. The van der Waals surface area contributed by atoms with E-state index < -0.39 is 45.6 Å². The third kappa shape index (κ3) is 16.0. The Kier molecular flexibility index (Phi) is 20.7. The summed E-state index contributed by atoms with van der Waals surface area (Å²) in [7, 11) is -4.18. The van der Waals surface area contributed by atoms with Crippen molar-refractivity contribution in [2.24, 2.45) is 16.2 Å². The van der Waals surface area contributed by atoms with Crippen LogP contribution in [0.3, 0.4) is 0 Å². The molecule has 13 rings (SSSR count). The molecule has 6 amide bonds. The third-order valence-electron chi connectivity index (χ3n) is 20.2. The van der Waals surface area contributed by atoms with Crippen molar-refractivity contribution in [2.45, 2.75) is 133 Å². The van der Waals surface area contributed by atoms with E-state index >= 15 is 0 Å². The van der Waals surface area contributed by atoms with Crippen LogP contribution in [-0.2, 0) is 47.0 Å². The first kappa shape index (κ1) is 67.5. The molecule has 8 aliphatic rings. The Labute approximate surface area is 561 Å². The lowest BCUT2D eigenvalue weighted by atomic mass is 9.33. The van der Waals surface area contributed by atoms with Crippen LogP contribution in [-0.4, -0.2) is 188 Å². The number of aryl methyl sites for hydroxylation is 2. The number of carbonyl (C=O) groups excluding carboxylic acids is 6. The highest BCUT2D eigenvalue weighted by molar-refractivity contribution is 7.99. The number of ether oxygens (including phenoxy) is 2. The van der Waals surface area contributed by atoms with Crippen LogP contribution >= 0.6 is 11.8 Å². The number of amides is 6. The molecule has 1 unspecified atom stereocenters. The van der Waals surface area contributed by atoms with Gasteiger partial charge >= 0.3 is 0 Å². The number of anilines is 3. The lowest BCUT2D eigenvalue weighted by molar-refractivity contribution is -0.167. The molecule has 95 heavy (non-hydrogen) atoms. The van der Waals surface area contributed by atoms with Gasteiger partial charge in [-0.05, 0) is 153 Å². The van der Waals surface area contributed by atoms with E-state index in [2.05, 4.69) is 78.6 Å². The second-order valence-corrected chi connectivity index (χ2v) is 30.9. The van der Waals surface area contributed by atoms with Crippen LogP contribution in [0.2, 0.25) is 0 Å². The van der Waals surface area contributed by atoms with Gasteiger partial charge in [-0.3, -0.25) is 53.5 Å². The zero-order valence-electron chi connectivity index (χ0n) is 55.2. The molecule has 2 bridgehead atoms. The summed E-state index contributed by atoms with van der Waals surface area (Å²) in [5, 5.41) is 17.5. The molecular formula is C71H90N12O10S2. The van der Waals surface area contributed by atoms with E-state index in [-0.39, 0.29) is 53.0 Å². The Balaban J connectivity index is 0.538. The molecule has 1 aromatic heterocycles. The van der Waals surface area contributed by atoms with Gasteiger partial charge in [-0.25, -0.2) is 13.1 Å². The summed E-state index contributed by atoms with van der Waals surface area (Å²) in [5.74, 6) is -2.02. The maximum Gasteiger partial charge on any atom is 0.264 e. The van der Waals surface area contributed by atoms with Crippen molar-refractivity contribution >= 4 is 74.3 Å². The van der Waals surface area contributed by atoms with Gasteiger partial charge in [-0.2, -0.15) is 0 Å². The number of piperazine rings is 2. The standard InChI is InChI=1S/C71H90N12O10S2/c1-49-40-56(95(90,91)76-65(86)50-15-17-54(18-16-50)80-33-31-79(32-34-80)42-51-23-25-69(2,3)41-58(51)71-46-70(4,47-71)48-71)19-20-59(49)73-52(45-94-55-10-6-5-7-11-55)24-28-78-29-35-81(36-30-78)63(85)14-9-27-82-43-53(75-77-82)44-93-39-38-92-37-26-72-60-13-8-12-57-64(60)68(89)83(67(57)88)61-21-22-62(84)74-66(61)87/h5-8,10-13,15-20,40,43,52,61,72-73H,9,14,21-39,41-42,44-48H2,1-4H3,(H,76,86)(H,74,84,87)/t52-,61?,70?,71?/m1/s1. The number of thioether (sulfide) groups is 1. The smallest absolute Gasteiger partial charge is 0.264 e. The van der Waals surface area contributed by atoms with Gasteiger partial charge in [-0.15, -0.1) is 16.9 Å². The number of benzene rings is 4. The normalized spacial score (nSPS) is 22.4. The first-order chi connectivity index (χ1) is 45.7. The van der Waals surface area contributed by atoms with Gasteiger partial charge < -0.3 is 29.9 Å². The topological polar surface area (TPSA) is 250 Å². The Bertz CT molecular complexity index is 3790. The second-order valence-electron chi connectivity index (χ2n) is 28.1. The van der Waals surface area contributed by atoms with E-state index in [0.717, 1.165) is 91.3 Å². The minimum absolute atomic E-state index is 0.0172. The number of fused-ring (bicyclic) bond motifs is 1. The minimum atomic E-state index is -4.18. The van der Waals surface area contributed by atoms with Crippen molar-refractivity contribution in [3.8, 4) is 0 Å². The summed E-state index contributed by atoms with van der Waals surface area (Å²) in [5.41, 5.74) is 9.37. The molecule has 506 valence electrons. The fourth-order valence-electron chi connectivity index (χ4n) is 15.2. The van der Waals surface area contributed by atoms with E-state index in [1.54, 1.807) is 76.1 Å². The number of hydrogen-bond donors (Lipinski definition) is 4. The Hall–Kier alpha value is -7.48. The van der Waals surface area contributed by atoms with Crippen molar-refractivity contribution < 1.29 is 46.7 Å². The number of hydrogen-bond acceptors (Lipinski definition) is 18. The highest BCUT2D eigenvalue weighted by Gasteiger charge is 2.67. The summed E-state index contributed by atoms with van der Waals surface area (Å²) in [6.45, 7) is 19.7. The quantitative estimate of drug-likeness (QED) is 0.0153. The average molecular weight is 1340 g/mol. The lowest BCUT2D eigenvalue weighted by Crippen LogP contribution is -2.61. The molecule has 24 heteroatoms. The zero-order valence-corrected chi connectivity index (χ0v) is 56.8. The van der Waals surface area contributed by atoms with Gasteiger partial charge in [0.2, 0.25) is 17.7 Å². The summed E-state index contributed by atoms with van der Waals surface area (Å²) in [4.78, 5) is 89.0. The fourth-order valence-corrected chi connectivity index (χ4v) is 17.3. The zero-order chi connectivity index (χ0) is 66.5. The molecule has 4 aromatic carbocycles. The SMILES string of the molecule is Cc1cc(S(=O)(=O)NC(=O)c2ccc(N3CCN(CC4=C(C56CC(C)(C5)C6)CC(C)(C)CC4)CC3)cc2)ccc1N[C@H](CCN1CCN(C(=O)CCCn2cc(COCCOCCNc3cccc4c3C(=O)N(C3CCC(=O)NC3=O)C4=O)nn2)CC1)CSc1ccccc1. The van der Waals surface area contributed by atoms with Gasteiger partial charge in [0.05, 0.1) is 48.6 Å². The number of rotatable bonds is 29. The summed E-state index contributed by atoms with van der Waals surface area (Å²) < 4.78 is 43.0. The first-order valence-electron chi connectivity index (χ1n) is 33.7. The molecule has 22 nitrogen and oxygen atoms in total. The van der Waals surface area contributed by atoms with E-state index in [9.17, 15) is 37.2 Å².